The van der Waals surface area contributed by atoms with Crippen LogP contribution in [0.4, 0.5) is 0 Å². The molecule has 1 aromatic carbocycles. The molecular formula is C14H13N3S. The third kappa shape index (κ3) is 1.89. The second-order valence-electron chi connectivity index (χ2n) is 4.11. The fourth-order valence-electron chi connectivity index (χ4n) is 2.17. The minimum Gasteiger partial charge on any atom is -0.329 e. The van der Waals surface area contributed by atoms with Crippen LogP contribution in [0, 0.1) is 0 Å². The molecule has 0 aliphatic rings. The molecule has 3 aromatic rings. The van der Waals surface area contributed by atoms with Gasteiger partial charge in [-0.25, -0.2) is 0 Å². The predicted molar refractivity (Wildman–Crippen MR) is 74.8 cm³/mol. The minimum absolute atomic E-state index is 0.120. The molecule has 18 heavy (non-hydrogen) atoms. The van der Waals surface area contributed by atoms with E-state index < -0.39 is 0 Å². The molecule has 0 aliphatic heterocycles. The fourth-order valence-corrected chi connectivity index (χ4v) is 3.18. The first kappa shape index (κ1) is 11.3. The Morgan fingerprint density at radius 3 is 2.89 bits per heavy atom. The first-order valence-corrected chi connectivity index (χ1v) is 6.70. The van der Waals surface area contributed by atoms with Gasteiger partial charge in [0.2, 0.25) is 0 Å². The van der Waals surface area contributed by atoms with E-state index >= 15 is 0 Å². The van der Waals surface area contributed by atoms with Crippen molar-refractivity contribution in [2.45, 2.75) is 5.92 Å². The Balaban J connectivity index is 2.12. The van der Waals surface area contributed by atoms with E-state index in [1.54, 1.807) is 29.9 Å². The maximum Gasteiger partial charge on any atom is 0.0674 e. The van der Waals surface area contributed by atoms with Gasteiger partial charge in [-0.1, -0.05) is 18.2 Å². The molecule has 3 nitrogen and oxygen atoms in total. The molecule has 0 amide bonds. The fraction of sp³-hybridized carbons (Fsp3) is 0.143. The highest BCUT2D eigenvalue weighted by Gasteiger charge is 2.17. The van der Waals surface area contributed by atoms with Crippen molar-refractivity contribution in [3.8, 4) is 0 Å². The van der Waals surface area contributed by atoms with E-state index in [-0.39, 0.29) is 5.92 Å². The van der Waals surface area contributed by atoms with Gasteiger partial charge >= 0.3 is 0 Å². The molecule has 0 fully saturated rings. The summed E-state index contributed by atoms with van der Waals surface area (Å²) < 4.78 is 1.29. The quantitative estimate of drug-likeness (QED) is 0.783. The highest BCUT2D eigenvalue weighted by molar-refractivity contribution is 7.17. The molecule has 0 radical (unpaired) electrons. The Labute approximate surface area is 109 Å². The van der Waals surface area contributed by atoms with Crippen LogP contribution in [0.1, 0.15) is 17.2 Å². The van der Waals surface area contributed by atoms with Crippen molar-refractivity contribution in [3.63, 3.8) is 0 Å². The zero-order valence-corrected chi connectivity index (χ0v) is 10.6. The standard InChI is InChI=1S/C14H13N3S/c15-7-11(13-8-16-5-6-17-13)12-9-18-14-4-2-1-3-10(12)14/h1-6,8-9,11H,7,15H2. The second-order valence-corrected chi connectivity index (χ2v) is 5.02. The van der Waals surface area contributed by atoms with Gasteiger partial charge in [0.25, 0.3) is 0 Å². The lowest BCUT2D eigenvalue weighted by Crippen LogP contribution is -2.14. The van der Waals surface area contributed by atoms with Crippen LogP contribution in [0.25, 0.3) is 10.1 Å². The SMILES string of the molecule is NCC(c1cnccn1)c1csc2ccccc12. The molecule has 0 spiro atoms. The first-order valence-electron chi connectivity index (χ1n) is 5.82. The normalized spacial score (nSPS) is 12.7. The van der Waals surface area contributed by atoms with Crippen molar-refractivity contribution in [3.05, 3.63) is 59.5 Å². The van der Waals surface area contributed by atoms with Crippen molar-refractivity contribution in [2.24, 2.45) is 5.73 Å². The molecule has 0 saturated heterocycles. The molecule has 90 valence electrons. The lowest BCUT2D eigenvalue weighted by Gasteiger charge is -2.13. The lowest BCUT2D eigenvalue weighted by molar-refractivity contribution is 0.788. The number of rotatable bonds is 3. The van der Waals surface area contributed by atoms with Gasteiger partial charge in [-0.2, -0.15) is 0 Å². The summed E-state index contributed by atoms with van der Waals surface area (Å²) in [4.78, 5) is 8.50. The van der Waals surface area contributed by atoms with E-state index in [4.69, 9.17) is 5.73 Å². The molecule has 1 atom stereocenters. The van der Waals surface area contributed by atoms with Crippen LogP contribution in [-0.2, 0) is 0 Å². The summed E-state index contributed by atoms with van der Waals surface area (Å²) in [5.41, 5.74) is 8.11. The number of thiophene rings is 1. The van der Waals surface area contributed by atoms with E-state index in [9.17, 15) is 0 Å². The molecule has 4 heteroatoms. The summed E-state index contributed by atoms with van der Waals surface area (Å²) in [5, 5.41) is 3.44. The Hall–Kier alpha value is -1.78. The Bertz CT molecular complexity index is 648. The Morgan fingerprint density at radius 2 is 2.11 bits per heavy atom. The van der Waals surface area contributed by atoms with Crippen LogP contribution in [0.3, 0.4) is 0 Å². The van der Waals surface area contributed by atoms with Crippen LogP contribution < -0.4 is 5.73 Å². The maximum absolute atomic E-state index is 5.92. The number of aromatic nitrogens is 2. The summed E-state index contributed by atoms with van der Waals surface area (Å²) in [5.74, 6) is 0.120. The van der Waals surface area contributed by atoms with Gasteiger partial charge in [-0.3, -0.25) is 9.97 Å². The molecule has 0 saturated carbocycles. The maximum atomic E-state index is 5.92. The van der Waals surface area contributed by atoms with E-state index in [2.05, 4.69) is 39.6 Å². The lowest BCUT2D eigenvalue weighted by atomic mass is 9.95. The summed E-state index contributed by atoms with van der Waals surface area (Å²) in [6, 6.07) is 8.39. The Morgan fingerprint density at radius 1 is 1.22 bits per heavy atom. The minimum atomic E-state index is 0.120. The van der Waals surface area contributed by atoms with Crippen LogP contribution in [0.2, 0.25) is 0 Å². The number of benzene rings is 1. The van der Waals surface area contributed by atoms with Gasteiger partial charge < -0.3 is 5.73 Å². The zero-order valence-electron chi connectivity index (χ0n) is 9.78. The van der Waals surface area contributed by atoms with E-state index in [0.717, 1.165) is 5.69 Å². The number of nitrogens with two attached hydrogens (primary N) is 1. The van der Waals surface area contributed by atoms with Crippen molar-refractivity contribution in [2.75, 3.05) is 6.54 Å². The molecule has 0 bridgehead atoms. The van der Waals surface area contributed by atoms with Gasteiger partial charge in [0.1, 0.15) is 0 Å². The Kier molecular flexibility index (Phi) is 3.04. The van der Waals surface area contributed by atoms with Crippen molar-refractivity contribution < 1.29 is 0 Å². The van der Waals surface area contributed by atoms with Crippen molar-refractivity contribution >= 4 is 21.4 Å². The summed E-state index contributed by atoms with van der Waals surface area (Å²) >= 11 is 1.75. The highest BCUT2D eigenvalue weighted by Crippen LogP contribution is 2.33. The first-order chi connectivity index (χ1) is 8.90. The van der Waals surface area contributed by atoms with Crippen LogP contribution in [-0.4, -0.2) is 16.5 Å². The van der Waals surface area contributed by atoms with Crippen LogP contribution in [0.5, 0.6) is 0 Å². The van der Waals surface area contributed by atoms with E-state index in [1.165, 1.54) is 15.6 Å². The van der Waals surface area contributed by atoms with Gasteiger partial charge in [-0.15, -0.1) is 11.3 Å². The third-order valence-electron chi connectivity index (χ3n) is 3.06. The third-order valence-corrected chi connectivity index (χ3v) is 4.04. The molecular weight excluding hydrogens is 242 g/mol. The van der Waals surface area contributed by atoms with Crippen molar-refractivity contribution in [1.29, 1.82) is 0 Å². The molecule has 2 aromatic heterocycles. The monoisotopic (exact) mass is 255 g/mol. The van der Waals surface area contributed by atoms with E-state index in [0.29, 0.717) is 6.54 Å². The smallest absolute Gasteiger partial charge is 0.0674 e. The van der Waals surface area contributed by atoms with Gasteiger partial charge in [0.05, 0.1) is 5.69 Å². The largest absolute Gasteiger partial charge is 0.329 e. The summed E-state index contributed by atoms with van der Waals surface area (Å²) in [7, 11) is 0. The number of hydrogen-bond acceptors (Lipinski definition) is 4. The number of fused-ring (bicyclic) bond motifs is 1. The van der Waals surface area contributed by atoms with Gasteiger partial charge in [-0.05, 0) is 22.4 Å². The topological polar surface area (TPSA) is 51.8 Å². The number of hydrogen-bond donors (Lipinski definition) is 1. The zero-order chi connectivity index (χ0) is 12.4. The molecule has 2 N–H and O–H groups in total. The van der Waals surface area contributed by atoms with E-state index in [1.807, 2.05) is 0 Å². The van der Waals surface area contributed by atoms with Gasteiger partial charge in [0.15, 0.2) is 0 Å². The van der Waals surface area contributed by atoms with Gasteiger partial charge in [0, 0.05) is 35.8 Å². The average molecular weight is 255 g/mol. The molecule has 2 heterocycles. The second kappa shape index (κ2) is 4.84. The van der Waals surface area contributed by atoms with Crippen LogP contribution >= 0.6 is 11.3 Å². The molecule has 1 unspecified atom stereocenters. The molecule has 3 rings (SSSR count). The molecule has 0 aliphatic carbocycles. The predicted octanol–water partition coefficient (Wildman–Crippen LogP) is 2.78. The summed E-state index contributed by atoms with van der Waals surface area (Å²) in [6.07, 6.45) is 5.19. The van der Waals surface area contributed by atoms with Crippen molar-refractivity contribution in [1.82, 2.24) is 9.97 Å². The highest BCUT2D eigenvalue weighted by atomic mass is 32.1. The summed E-state index contributed by atoms with van der Waals surface area (Å²) in [6.45, 7) is 0.541. The average Bonchev–Trinajstić information content (AvgIpc) is 2.85. The number of nitrogens with zero attached hydrogens (tertiary/aromatic N) is 2. The van der Waals surface area contributed by atoms with Crippen LogP contribution in [0.15, 0.2) is 48.2 Å².